The van der Waals surface area contributed by atoms with Crippen molar-refractivity contribution in [1.29, 1.82) is 5.26 Å². The molecule has 0 amide bonds. The van der Waals surface area contributed by atoms with E-state index in [9.17, 15) is 0 Å². The van der Waals surface area contributed by atoms with Gasteiger partial charge in [0.2, 0.25) is 0 Å². The Balaban J connectivity index is 0.000000242. The van der Waals surface area contributed by atoms with Gasteiger partial charge in [-0.1, -0.05) is 145 Å². The lowest BCUT2D eigenvalue weighted by atomic mass is 9.96. The fraction of sp³-hybridized carbons (Fsp3) is 0.369. The summed E-state index contributed by atoms with van der Waals surface area (Å²) in [5.74, 6) is 3.76. The molecule has 3 fully saturated rings. The van der Waals surface area contributed by atoms with Crippen LogP contribution >= 0.6 is 164 Å². The molecule has 11 heterocycles. The van der Waals surface area contributed by atoms with Crippen LogP contribution in [0, 0.1) is 10.7 Å². The first-order valence-electron chi connectivity index (χ1n) is 29.7. The highest BCUT2D eigenvalue weighted by Gasteiger charge is 2.16. The SMILES string of the molecule is Br.BrCc1cccnc1.Brc1ncc(SCc2cccnc2)s1.C.C.N#CSc1cnc(N)s1.NC1CCCCC1.Nc1ncc(SCc2cccnc2)s1.c1cncc(CSc2cnc(NC3CCCCC3)s2)c1.c1cncc(CSc2cnc(N[C@@H]3CCCNC3)s2)c1. The number of piperidine rings is 1. The van der Waals surface area contributed by atoms with Crippen molar-refractivity contribution in [2.24, 2.45) is 5.73 Å². The van der Waals surface area contributed by atoms with Crippen LogP contribution in [0.25, 0.3) is 0 Å². The number of alkyl halides is 1. The van der Waals surface area contributed by atoms with Crippen LogP contribution < -0.4 is 33.2 Å². The molecule has 0 radical (unpaired) electrons. The maximum absolute atomic E-state index is 8.18. The number of hydrogen-bond donors (Lipinski definition) is 6. The van der Waals surface area contributed by atoms with Crippen LogP contribution in [0.15, 0.2) is 179 Å². The largest absolute Gasteiger partial charge is 0.375 e. The Morgan fingerprint density at radius 2 is 0.863 bits per heavy atom. The number of halogens is 3. The normalized spacial score (nSPS) is 13.9. The zero-order chi connectivity index (χ0) is 64.5. The van der Waals surface area contributed by atoms with Crippen LogP contribution in [0.1, 0.15) is 120 Å². The number of nitriles is 1. The minimum Gasteiger partial charge on any atom is -0.375 e. The molecule has 95 heavy (non-hydrogen) atoms. The molecule has 2 aliphatic carbocycles. The summed E-state index contributed by atoms with van der Waals surface area (Å²) in [5.41, 5.74) is 22.6. The topological polar surface area (TPSA) is 267 Å². The lowest BCUT2D eigenvalue weighted by Gasteiger charge is -2.23. The van der Waals surface area contributed by atoms with Crippen LogP contribution in [0.4, 0.5) is 20.5 Å². The van der Waals surface area contributed by atoms with E-state index in [0.717, 1.165) is 75.8 Å². The van der Waals surface area contributed by atoms with Gasteiger partial charge in [0.25, 0.3) is 0 Å². The minimum atomic E-state index is 0. The maximum atomic E-state index is 8.18. The Bertz CT molecular complexity index is 3340. The third-order valence-corrected chi connectivity index (χ3v) is 24.5. The van der Waals surface area contributed by atoms with E-state index in [4.69, 9.17) is 22.5 Å². The van der Waals surface area contributed by atoms with Gasteiger partial charge in [0.05, 0.1) is 52.0 Å². The number of nitrogens with one attached hydrogen (secondary N) is 3. The first kappa shape index (κ1) is 83.1. The summed E-state index contributed by atoms with van der Waals surface area (Å²) >= 11 is 22.9. The summed E-state index contributed by atoms with van der Waals surface area (Å²) in [7, 11) is 0. The fourth-order valence-corrected chi connectivity index (χ4v) is 18.0. The van der Waals surface area contributed by atoms with Gasteiger partial charge in [-0.3, -0.25) is 24.9 Å². The Hall–Kier alpha value is -4.30. The van der Waals surface area contributed by atoms with Crippen molar-refractivity contribution in [3.05, 3.63) is 185 Å². The Morgan fingerprint density at radius 3 is 1.20 bits per heavy atom. The molecule has 2 saturated carbocycles. The van der Waals surface area contributed by atoms with Crippen LogP contribution in [0.5, 0.6) is 0 Å². The van der Waals surface area contributed by atoms with Gasteiger partial charge in [0, 0.05) is 127 Å². The third kappa shape index (κ3) is 36.4. The van der Waals surface area contributed by atoms with Crippen molar-refractivity contribution in [1.82, 2.24) is 55.2 Å². The van der Waals surface area contributed by atoms with E-state index in [2.05, 4.69) is 122 Å². The summed E-state index contributed by atoms with van der Waals surface area (Å²) in [4.78, 5) is 41.2. The zero-order valence-electron chi connectivity index (χ0n) is 51.0. The van der Waals surface area contributed by atoms with Gasteiger partial charge in [0.15, 0.2) is 24.4 Å². The predicted octanol–water partition coefficient (Wildman–Crippen LogP) is 20.0. The fourth-order valence-electron chi connectivity index (χ4n) is 8.53. The van der Waals surface area contributed by atoms with Gasteiger partial charge in [-0.25, -0.2) is 24.9 Å². The second-order valence-electron chi connectivity index (χ2n) is 20.3. The van der Waals surface area contributed by atoms with E-state index in [-0.39, 0.29) is 31.8 Å². The molecule has 3 aliphatic rings. The molecule has 1 atom stereocenters. The molecule has 17 nitrogen and oxygen atoms in total. The lowest BCUT2D eigenvalue weighted by Crippen LogP contribution is -2.38. The molecule has 1 aliphatic heterocycles. The standard InChI is InChI=1S/C15H19N3S2.C14H18N4S2.C9H7BrN2S2.C9H9N3S2.C6H6BrN.C6H13N.C4H3N3S2.2CH4.BrH/c1-2-6-13(7-3-1)18-15-17-10-14(20-15)19-11-12-5-4-8-16-9-12;1-3-11(7-15-5-1)10-19-13-9-17-14(20-13)18-12-4-2-6-16-8-12;2*10-9-12-5-8(14-9)13-6-7-2-1-3-11-4-7;7-4-6-2-1-3-8-5-6;7-6-4-2-1-3-5-6;5-2-8-3-1-7-4(6)9-3;;;/h4-5,8-10,13H,1-3,6-7,11H2,(H,17,18);1,3,5,7,9,12,16H,2,4,6,8,10H2,(H,17,18);1-5H,6H2;1-5H,6H2,(H2,10,12);1-3,5H,4H2;6H,1-5,7H2;1H,(H2,6,7);2*1H4;1H/t;12-;;;;;;;;/m.1......../s1. The summed E-state index contributed by atoms with van der Waals surface area (Å²) < 4.78 is 6.67. The highest BCUT2D eigenvalue weighted by Crippen LogP contribution is 2.35. The Labute approximate surface area is 629 Å². The van der Waals surface area contributed by atoms with E-state index in [1.165, 1.54) is 140 Å². The summed E-state index contributed by atoms with van der Waals surface area (Å²) in [6, 6.07) is 21.9. The highest BCUT2D eigenvalue weighted by molar-refractivity contribution is 9.11. The van der Waals surface area contributed by atoms with E-state index in [1.54, 1.807) is 94.7 Å². The number of thioether (sulfide) groups is 5. The first-order chi connectivity index (χ1) is 45.1. The van der Waals surface area contributed by atoms with Gasteiger partial charge in [-0.05, 0) is 119 Å². The van der Waals surface area contributed by atoms with Crippen molar-refractivity contribution < 1.29 is 0 Å². The zero-order valence-corrected chi connectivity index (χ0v) is 64.0. The maximum Gasteiger partial charge on any atom is 0.183 e. The lowest BCUT2D eigenvalue weighted by molar-refractivity contribution is 0.441. The van der Waals surface area contributed by atoms with Crippen LogP contribution in [-0.2, 0) is 28.3 Å². The molecule has 0 unspecified atom stereocenters. The van der Waals surface area contributed by atoms with E-state index < -0.39 is 0 Å². The van der Waals surface area contributed by atoms with E-state index in [0.29, 0.717) is 28.4 Å². The van der Waals surface area contributed by atoms with Crippen molar-refractivity contribution in [3.63, 3.8) is 0 Å². The molecule has 10 aromatic rings. The van der Waals surface area contributed by atoms with Crippen LogP contribution in [-0.4, -0.2) is 81.1 Å². The average molecular weight is 1660 g/mol. The van der Waals surface area contributed by atoms with Crippen molar-refractivity contribution in [2.45, 2.75) is 159 Å². The summed E-state index contributed by atoms with van der Waals surface area (Å²) in [5, 5.41) is 24.7. The molecule has 9 N–H and O–H groups in total. The molecular formula is C65H84Br3N17S10. The molecule has 13 rings (SSSR count). The first-order valence-corrected chi connectivity index (χ1v) is 40.4. The van der Waals surface area contributed by atoms with Crippen molar-refractivity contribution in [3.8, 4) is 5.40 Å². The number of hydrogen-bond acceptors (Lipinski definition) is 27. The summed E-state index contributed by atoms with van der Waals surface area (Å²) in [6.07, 6.45) is 43.4. The molecule has 10 aromatic heterocycles. The monoisotopic (exact) mass is 1660 g/mol. The number of anilines is 4. The number of thiocyanates is 1. The second kappa shape index (κ2) is 50.9. The van der Waals surface area contributed by atoms with Crippen LogP contribution in [0.2, 0.25) is 0 Å². The number of thiazole rings is 5. The van der Waals surface area contributed by atoms with Gasteiger partial charge < -0.3 is 33.2 Å². The molecule has 0 spiro atoms. The van der Waals surface area contributed by atoms with Gasteiger partial charge in [0.1, 0.15) is 5.40 Å². The number of nitrogen functional groups attached to an aromatic ring is 2. The van der Waals surface area contributed by atoms with Gasteiger partial charge in [-0.2, -0.15) is 5.26 Å². The number of aromatic nitrogens is 10. The summed E-state index contributed by atoms with van der Waals surface area (Å²) in [6.45, 7) is 2.18. The molecule has 0 bridgehead atoms. The molecular weight excluding hydrogens is 1580 g/mol. The van der Waals surface area contributed by atoms with E-state index in [1.807, 2.05) is 121 Å². The number of pyridine rings is 5. The predicted molar refractivity (Wildman–Crippen MR) is 425 cm³/mol. The molecule has 30 heteroatoms. The third-order valence-electron chi connectivity index (χ3n) is 13.1. The number of nitrogens with two attached hydrogens (primary N) is 3. The van der Waals surface area contributed by atoms with Gasteiger partial charge >= 0.3 is 0 Å². The number of rotatable bonds is 18. The number of nitrogens with zero attached hydrogens (tertiary/aromatic N) is 11. The quantitative estimate of drug-likeness (QED) is 0.0265. The van der Waals surface area contributed by atoms with Gasteiger partial charge in [-0.15, -0.1) is 75.4 Å². The molecule has 510 valence electrons. The highest BCUT2D eigenvalue weighted by atomic mass is 79.9. The molecule has 0 aromatic carbocycles. The molecule has 1 saturated heterocycles. The van der Waals surface area contributed by atoms with Crippen molar-refractivity contribution >= 4 is 185 Å². The average Bonchev–Trinajstić information content (AvgIpc) is 2.96. The van der Waals surface area contributed by atoms with Crippen molar-refractivity contribution in [2.75, 3.05) is 35.2 Å². The Kier molecular flexibility index (Phi) is 44.6. The minimum absolute atomic E-state index is 0. The van der Waals surface area contributed by atoms with Crippen LogP contribution in [0.3, 0.4) is 0 Å². The smallest absolute Gasteiger partial charge is 0.183 e. The van der Waals surface area contributed by atoms with E-state index >= 15 is 0 Å². The second-order valence-corrected chi connectivity index (χ2v) is 33.5. The Morgan fingerprint density at radius 1 is 0.484 bits per heavy atom.